The number of carbonyl (C=O) groups excluding carboxylic acids is 1. The molecule has 0 heterocycles. The molecule has 4 nitrogen and oxygen atoms in total. The average molecular weight is 229 g/mol. The van der Waals surface area contributed by atoms with Crippen molar-refractivity contribution < 1.29 is 14.7 Å². The lowest BCUT2D eigenvalue weighted by Gasteiger charge is -2.28. The molecule has 1 atom stereocenters. The van der Waals surface area contributed by atoms with Crippen molar-refractivity contribution >= 4 is 11.9 Å². The Labute approximate surface area is 97.6 Å². The van der Waals surface area contributed by atoms with Gasteiger partial charge in [0.25, 0.3) is 0 Å². The first-order valence-corrected chi connectivity index (χ1v) is 5.83. The first-order chi connectivity index (χ1) is 7.36. The molecule has 94 valence electrons. The molecule has 0 radical (unpaired) electrons. The quantitative estimate of drug-likeness (QED) is 0.680. The van der Waals surface area contributed by atoms with Crippen molar-refractivity contribution in [2.24, 2.45) is 5.92 Å². The van der Waals surface area contributed by atoms with E-state index in [0.717, 1.165) is 0 Å². The van der Waals surface area contributed by atoms with E-state index < -0.39 is 5.97 Å². The molecule has 0 aromatic heterocycles. The molecular formula is C12H23NO3. The molecule has 1 N–H and O–H groups in total. The summed E-state index contributed by atoms with van der Waals surface area (Å²) in [4.78, 5) is 23.7. The van der Waals surface area contributed by atoms with Crippen LogP contribution in [0.4, 0.5) is 0 Å². The van der Waals surface area contributed by atoms with E-state index in [0.29, 0.717) is 25.2 Å². The van der Waals surface area contributed by atoms with Gasteiger partial charge < -0.3 is 10.0 Å². The lowest BCUT2D eigenvalue weighted by Crippen LogP contribution is -2.38. The van der Waals surface area contributed by atoms with E-state index in [-0.39, 0.29) is 18.4 Å². The Bertz CT molecular complexity index is 238. The predicted molar refractivity (Wildman–Crippen MR) is 63.2 cm³/mol. The number of carboxylic acid groups (broad SMARTS) is 1. The number of hydrogen-bond acceptors (Lipinski definition) is 2. The summed E-state index contributed by atoms with van der Waals surface area (Å²) in [5, 5.41) is 8.45. The number of nitrogens with zero attached hydrogens (tertiary/aromatic N) is 1. The summed E-state index contributed by atoms with van der Waals surface area (Å²) in [5.74, 6) is -0.254. The smallest absolute Gasteiger partial charge is 0.303 e. The molecule has 4 heteroatoms. The Balaban J connectivity index is 3.84. The van der Waals surface area contributed by atoms with Crippen LogP contribution >= 0.6 is 0 Å². The van der Waals surface area contributed by atoms with E-state index in [1.807, 2.05) is 14.0 Å². The Hall–Kier alpha value is -1.06. The van der Waals surface area contributed by atoms with Crippen LogP contribution in [0.3, 0.4) is 0 Å². The van der Waals surface area contributed by atoms with Gasteiger partial charge in [0.15, 0.2) is 0 Å². The Morgan fingerprint density at radius 3 is 2.06 bits per heavy atom. The summed E-state index contributed by atoms with van der Waals surface area (Å²) in [5.41, 5.74) is 0. The van der Waals surface area contributed by atoms with Crippen molar-refractivity contribution in [3.63, 3.8) is 0 Å². The molecule has 0 aromatic carbocycles. The maximum atomic E-state index is 11.7. The van der Waals surface area contributed by atoms with E-state index in [4.69, 9.17) is 5.11 Å². The van der Waals surface area contributed by atoms with Crippen LogP contribution in [0.1, 0.15) is 46.5 Å². The number of unbranched alkanes of at least 4 members (excludes halogenated alkanes) is 1. The SMILES string of the molecule is CC(C)C(C)N(C)C(=O)CCCCC(=O)O. The van der Waals surface area contributed by atoms with Crippen LogP contribution in [0.5, 0.6) is 0 Å². The zero-order valence-electron chi connectivity index (χ0n) is 10.7. The van der Waals surface area contributed by atoms with Gasteiger partial charge >= 0.3 is 5.97 Å². The molecule has 0 rings (SSSR count). The minimum absolute atomic E-state index is 0.103. The van der Waals surface area contributed by atoms with Crippen LogP contribution in [-0.2, 0) is 9.59 Å². The summed E-state index contributed by atoms with van der Waals surface area (Å²) >= 11 is 0. The summed E-state index contributed by atoms with van der Waals surface area (Å²) in [6.07, 6.45) is 1.82. The zero-order valence-corrected chi connectivity index (χ0v) is 10.7. The highest BCUT2D eigenvalue weighted by Crippen LogP contribution is 2.11. The second kappa shape index (κ2) is 7.25. The third-order valence-corrected chi connectivity index (χ3v) is 3.00. The summed E-state index contributed by atoms with van der Waals surface area (Å²) in [6.45, 7) is 6.19. The molecule has 0 saturated heterocycles. The van der Waals surface area contributed by atoms with Gasteiger partial charge in [0, 0.05) is 25.9 Å². The van der Waals surface area contributed by atoms with E-state index in [9.17, 15) is 9.59 Å². The lowest BCUT2D eigenvalue weighted by atomic mass is 10.0. The van der Waals surface area contributed by atoms with E-state index >= 15 is 0 Å². The Morgan fingerprint density at radius 2 is 1.62 bits per heavy atom. The molecule has 0 saturated carbocycles. The van der Waals surface area contributed by atoms with Crippen LogP contribution < -0.4 is 0 Å². The molecule has 0 bridgehead atoms. The van der Waals surface area contributed by atoms with Gasteiger partial charge in [-0.1, -0.05) is 13.8 Å². The van der Waals surface area contributed by atoms with Crippen molar-refractivity contribution in [3.8, 4) is 0 Å². The highest BCUT2D eigenvalue weighted by molar-refractivity contribution is 5.76. The highest BCUT2D eigenvalue weighted by Gasteiger charge is 2.17. The number of amides is 1. The van der Waals surface area contributed by atoms with E-state index in [2.05, 4.69) is 13.8 Å². The Morgan fingerprint density at radius 1 is 1.12 bits per heavy atom. The fourth-order valence-corrected chi connectivity index (χ4v) is 1.40. The number of aliphatic carboxylic acids is 1. The van der Waals surface area contributed by atoms with Crippen LogP contribution in [0.15, 0.2) is 0 Å². The van der Waals surface area contributed by atoms with Crippen LogP contribution in [0, 0.1) is 5.92 Å². The van der Waals surface area contributed by atoms with Crippen molar-refractivity contribution in [1.82, 2.24) is 4.90 Å². The third kappa shape index (κ3) is 5.73. The number of carbonyl (C=O) groups is 2. The second-order valence-corrected chi connectivity index (χ2v) is 4.59. The van der Waals surface area contributed by atoms with Gasteiger partial charge in [0.2, 0.25) is 5.91 Å². The highest BCUT2D eigenvalue weighted by atomic mass is 16.4. The molecule has 0 aliphatic rings. The summed E-state index contributed by atoms with van der Waals surface area (Å²) < 4.78 is 0. The minimum Gasteiger partial charge on any atom is -0.481 e. The molecular weight excluding hydrogens is 206 g/mol. The maximum Gasteiger partial charge on any atom is 0.303 e. The number of rotatable bonds is 7. The average Bonchev–Trinajstić information content (AvgIpc) is 2.21. The first-order valence-electron chi connectivity index (χ1n) is 5.83. The molecule has 0 spiro atoms. The fraction of sp³-hybridized carbons (Fsp3) is 0.833. The molecule has 0 aliphatic carbocycles. The molecule has 16 heavy (non-hydrogen) atoms. The van der Waals surface area contributed by atoms with Crippen molar-refractivity contribution in [1.29, 1.82) is 0 Å². The molecule has 0 fully saturated rings. The summed E-state index contributed by atoms with van der Waals surface area (Å²) in [6, 6.07) is 0.229. The topological polar surface area (TPSA) is 57.6 Å². The first kappa shape index (κ1) is 14.9. The van der Waals surface area contributed by atoms with Gasteiger partial charge in [-0.25, -0.2) is 0 Å². The van der Waals surface area contributed by atoms with Crippen molar-refractivity contribution in [3.05, 3.63) is 0 Å². The third-order valence-electron chi connectivity index (χ3n) is 3.00. The van der Waals surface area contributed by atoms with Crippen LogP contribution in [0.25, 0.3) is 0 Å². The monoisotopic (exact) mass is 229 g/mol. The largest absolute Gasteiger partial charge is 0.481 e. The molecule has 0 aromatic rings. The predicted octanol–water partition coefficient (Wildman–Crippen LogP) is 2.13. The Kier molecular flexibility index (Phi) is 6.77. The van der Waals surface area contributed by atoms with Gasteiger partial charge in [0.1, 0.15) is 0 Å². The maximum absolute atomic E-state index is 11.7. The lowest BCUT2D eigenvalue weighted by molar-refractivity contribution is -0.137. The van der Waals surface area contributed by atoms with Crippen molar-refractivity contribution in [2.75, 3.05) is 7.05 Å². The van der Waals surface area contributed by atoms with Crippen LogP contribution in [-0.4, -0.2) is 35.0 Å². The summed E-state index contributed by atoms with van der Waals surface area (Å²) in [7, 11) is 1.81. The number of hydrogen-bond donors (Lipinski definition) is 1. The molecule has 1 unspecified atom stereocenters. The minimum atomic E-state index is -0.795. The molecule has 1 amide bonds. The zero-order chi connectivity index (χ0) is 12.7. The van der Waals surface area contributed by atoms with Gasteiger partial charge in [-0.15, -0.1) is 0 Å². The van der Waals surface area contributed by atoms with E-state index in [1.165, 1.54) is 0 Å². The fourth-order valence-electron chi connectivity index (χ4n) is 1.40. The standard InChI is InChI=1S/C12H23NO3/c1-9(2)10(3)13(4)11(14)7-5-6-8-12(15)16/h9-10H,5-8H2,1-4H3,(H,15,16). The van der Waals surface area contributed by atoms with Gasteiger partial charge in [-0.3, -0.25) is 9.59 Å². The molecule has 0 aliphatic heterocycles. The second-order valence-electron chi connectivity index (χ2n) is 4.59. The number of carboxylic acids is 1. The van der Waals surface area contributed by atoms with E-state index in [1.54, 1.807) is 4.90 Å². The normalized spacial score (nSPS) is 12.6. The van der Waals surface area contributed by atoms with Crippen LogP contribution in [0.2, 0.25) is 0 Å². The van der Waals surface area contributed by atoms with Gasteiger partial charge in [-0.2, -0.15) is 0 Å². The van der Waals surface area contributed by atoms with Gasteiger partial charge in [-0.05, 0) is 25.7 Å². The van der Waals surface area contributed by atoms with Crippen molar-refractivity contribution in [2.45, 2.75) is 52.5 Å². The van der Waals surface area contributed by atoms with Gasteiger partial charge in [0.05, 0.1) is 0 Å².